The van der Waals surface area contributed by atoms with E-state index in [4.69, 9.17) is 0 Å². The molecule has 2 aromatic carbocycles. The highest BCUT2D eigenvalue weighted by atomic mass is 32.2. The summed E-state index contributed by atoms with van der Waals surface area (Å²) in [6, 6.07) is 18.7. The van der Waals surface area contributed by atoms with Gasteiger partial charge in [0.15, 0.2) is 0 Å². The van der Waals surface area contributed by atoms with Gasteiger partial charge in [-0.1, -0.05) is 54.6 Å². The SMILES string of the molecule is CN([C@H]1C(c2ccccc2)=C(C#N)c2ccccc21)S(C)(=O)=O. The zero-order valence-corrected chi connectivity index (χ0v) is 13.7. The molecule has 4 nitrogen and oxygen atoms in total. The Morgan fingerprint density at radius 1 is 1.04 bits per heavy atom. The third-order valence-corrected chi connectivity index (χ3v) is 5.41. The van der Waals surface area contributed by atoms with Crippen LogP contribution in [-0.2, 0) is 10.0 Å². The van der Waals surface area contributed by atoms with Gasteiger partial charge in [-0.3, -0.25) is 0 Å². The van der Waals surface area contributed by atoms with Crippen molar-refractivity contribution in [2.75, 3.05) is 13.3 Å². The number of allylic oxidation sites excluding steroid dienone is 1. The molecule has 0 bridgehead atoms. The monoisotopic (exact) mass is 324 g/mol. The van der Waals surface area contributed by atoms with Gasteiger partial charge in [-0.15, -0.1) is 0 Å². The summed E-state index contributed by atoms with van der Waals surface area (Å²) in [5.41, 5.74) is 3.78. The van der Waals surface area contributed by atoms with Crippen LogP contribution in [0.2, 0.25) is 0 Å². The lowest BCUT2D eigenvalue weighted by molar-refractivity contribution is 0.441. The molecule has 0 saturated carbocycles. The fourth-order valence-electron chi connectivity index (χ4n) is 3.01. The molecular formula is C18H16N2O2S. The summed E-state index contributed by atoms with van der Waals surface area (Å²) in [5.74, 6) is 0. The second kappa shape index (κ2) is 5.65. The zero-order valence-electron chi connectivity index (χ0n) is 12.9. The summed E-state index contributed by atoms with van der Waals surface area (Å²) in [7, 11) is -1.86. The zero-order chi connectivity index (χ0) is 16.6. The van der Waals surface area contributed by atoms with Crippen molar-refractivity contribution in [2.24, 2.45) is 0 Å². The average molecular weight is 324 g/mol. The Morgan fingerprint density at radius 2 is 1.65 bits per heavy atom. The molecule has 0 radical (unpaired) electrons. The summed E-state index contributed by atoms with van der Waals surface area (Å²) >= 11 is 0. The highest BCUT2D eigenvalue weighted by molar-refractivity contribution is 7.88. The summed E-state index contributed by atoms with van der Waals surface area (Å²) < 4.78 is 25.6. The number of rotatable bonds is 3. The second-order valence-corrected chi connectivity index (χ2v) is 7.58. The topological polar surface area (TPSA) is 61.2 Å². The standard InChI is InChI=1S/C18H16N2O2S/c1-20(23(2,21)22)18-15-11-7-6-10-14(15)16(12-19)17(18)13-8-4-3-5-9-13/h3-11,18H,1-2H3/t18-/m1/s1. The van der Waals surface area contributed by atoms with Gasteiger partial charge < -0.3 is 0 Å². The number of nitrogens with zero attached hydrogens (tertiary/aromatic N) is 2. The second-order valence-electron chi connectivity index (χ2n) is 5.54. The first kappa shape index (κ1) is 15.5. The summed E-state index contributed by atoms with van der Waals surface area (Å²) in [4.78, 5) is 0. The summed E-state index contributed by atoms with van der Waals surface area (Å²) in [5, 5.41) is 9.67. The molecule has 0 saturated heterocycles. The molecule has 3 rings (SSSR count). The average Bonchev–Trinajstić information content (AvgIpc) is 2.88. The Morgan fingerprint density at radius 3 is 2.26 bits per heavy atom. The summed E-state index contributed by atoms with van der Waals surface area (Å²) in [6.07, 6.45) is 1.18. The Balaban J connectivity index is 2.31. The van der Waals surface area contributed by atoms with E-state index in [1.165, 1.54) is 10.6 Å². The van der Waals surface area contributed by atoms with E-state index in [-0.39, 0.29) is 0 Å². The van der Waals surface area contributed by atoms with E-state index in [1.54, 1.807) is 7.05 Å². The molecule has 5 heteroatoms. The minimum absolute atomic E-state index is 0.488. The Kier molecular flexibility index (Phi) is 3.80. The smallest absolute Gasteiger partial charge is 0.211 e. The number of sulfonamides is 1. The van der Waals surface area contributed by atoms with E-state index in [1.807, 2.05) is 54.6 Å². The highest BCUT2D eigenvalue weighted by Crippen LogP contribution is 2.48. The van der Waals surface area contributed by atoms with Crippen LogP contribution in [0.1, 0.15) is 22.7 Å². The van der Waals surface area contributed by atoms with E-state index < -0.39 is 16.1 Å². The Hall–Kier alpha value is -2.42. The number of hydrogen-bond donors (Lipinski definition) is 0. The lowest BCUT2D eigenvalue weighted by Crippen LogP contribution is -2.30. The molecule has 0 amide bonds. The normalized spacial score (nSPS) is 17.2. The molecule has 0 aromatic heterocycles. The molecule has 0 N–H and O–H groups in total. The van der Waals surface area contributed by atoms with Crippen molar-refractivity contribution in [1.82, 2.24) is 4.31 Å². The molecule has 116 valence electrons. The maximum atomic E-state index is 12.1. The Labute approximate surface area is 136 Å². The van der Waals surface area contributed by atoms with Gasteiger partial charge in [0, 0.05) is 12.6 Å². The van der Waals surface area contributed by atoms with Gasteiger partial charge in [-0.05, 0) is 16.7 Å². The molecular weight excluding hydrogens is 308 g/mol. The molecule has 1 atom stereocenters. The van der Waals surface area contributed by atoms with Crippen LogP contribution in [0.5, 0.6) is 0 Å². The summed E-state index contributed by atoms with van der Waals surface area (Å²) in [6.45, 7) is 0. The Bertz CT molecular complexity index is 925. The van der Waals surface area contributed by atoms with Crippen molar-refractivity contribution in [2.45, 2.75) is 6.04 Å². The first-order valence-electron chi connectivity index (χ1n) is 7.17. The van der Waals surface area contributed by atoms with Crippen LogP contribution in [-0.4, -0.2) is 26.0 Å². The largest absolute Gasteiger partial charge is 0.212 e. The third kappa shape index (κ3) is 2.56. The van der Waals surface area contributed by atoms with Crippen LogP contribution in [0.15, 0.2) is 54.6 Å². The molecule has 2 aromatic rings. The van der Waals surface area contributed by atoms with Crippen LogP contribution < -0.4 is 0 Å². The fourth-order valence-corrected chi connectivity index (χ4v) is 3.61. The first-order valence-corrected chi connectivity index (χ1v) is 9.02. The molecule has 0 heterocycles. The molecule has 0 fully saturated rings. The van der Waals surface area contributed by atoms with Crippen molar-refractivity contribution in [3.63, 3.8) is 0 Å². The van der Waals surface area contributed by atoms with E-state index >= 15 is 0 Å². The molecule has 1 aliphatic rings. The molecule has 23 heavy (non-hydrogen) atoms. The van der Waals surface area contributed by atoms with Gasteiger partial charge in [0.05, 0.1) is 17.9 Å². The van der Waals surface area contributed by atoms with Crippen LogP contribution in [0, 0.1) is 11.3 Å². The van der Waals surface area contributed by atoms with Crippen LogP contribution in [0.3, 0.4) is 0 Å². The van der Waals surface area contributed by atoms with Crippen LogP contribution in [0.25, 0.3) is 11.1 Å². The van der Waals surface area contributed by atoms with Gasteiger partial charge in [0.2, 0.25) is 10.0 Å². The molecule has 1 aliphatic carbocycles. The van der Waals surface area contributed by atoms with Gasteiger partial charge in [0.1, 0.15) is 6.07 Å². The van der Waals surface area contributed by atoms with Crippen molar-refractivity contribution in [3.8, 4) is 6.07 Å². The van der Waals surface area contributed by atoms with Crippen molar-refractivity contribution < 1.29 is 8.42 Å². The fraction of sp³-hybridized carbons (Fsp3) is 0.167. The van der Waals surface area contributed by atoms with Crippen LogP contribution >= 0.6 is 0 Å². The predicted molar refractivity (Wildman–Crippen MR) is 90.7 cm³/mol. The number of fused-ring (bicyclic) bond motifs is 1. The van der Waals surface area contributed by atoms with Gasteiger partial charge in [0.25, 0.3) is 0 Å². The van der Waals surface area contributed by atoms with E-state index in [2.05, 4.69) is 6.07 Å². The van der Waals surface area contributed by atoms with Crippen molar-refractivity contribution in [3.05, 3.63) is 71.3 Å². The van der Waals surface area contributed by atoms with Gasteiger partial charge >= 0.3 is 0 Å². The van der Waals surface area contributed by atoms with Crippen molar-refractivity contribution in [1.29, 1.82) is 5.26 Å². The van der Waals surface area contributed by atoms with E-state index in [0.29, 0.717) is 5.57 Å². The van der Waals surface area contributed by atoms with Gasteiger partial charge in [-0.2, -0.15) is 9.57 Å². The molecule has 0 unspecified atom stereocenters. The number of hydrogen-bond acceptors (Lipinski definition) is 3. The third-order valence-electron chi connectivity index (χ3n) is 4.15. The molecule has 0 spiro atoms. The van der Waals surface area contributed by atoms with Gasteiger partial charge in [-0.25, -0.2) is 8.42 Å². The minimum Gasteiger partial charge on any atom is -0.212 e. The quantitative estimate of drug-likeness (QED) is 0.872. The van der Waals surface area contributed by atoms with Crippen molar-refractivity contribution >= 4 is 21.2 Å². The van der Waals surface area contributed by atoms with Crippen LogP contribution in [0.4, 0.5) is 0 Å². The lowest BCUT2D eigenvalue weighted by Gasteiger charge is -2.26. The minimum atomic E-state index is -3.41. The number of benzene rings is 2. The van der Waals surface area contributed by atoms with E-state index in [0.717, 1.165) is 22.3 Å². The number of nitriles is 1. The lowest BCUT2D eigenvalue weighted by atomic mass is 9.97. The first-order chi connectivity index (χ1) is 10.9. The predicted octanol–water partition coefficient (Wildman–Crippen LogP) is 3.07. The maximum Gasteiger partial charge on any atom is 0.211 e. The highest BCUT2D eigenvalue weighted by Gasteiger charge is 2.37. The number of likely N-dealkylation sites (N-methyl/N-ethyl adjacent to an activating group) is 1. The van der Waals surface area contributed by atoms with E-state index in [9.17, 15) is 13.7 Å². The molecule has 0 aliphatic heterocycles. The maximum absolute atomic E-state index is 12.1.